The molecule has 0 N–H and O–H groups in total. The summed E-state index contributed by atoms with van der Waals surface area (Å²) in [6.45, 7) is -0.103. The number of nitrogens with zero attached hydrogens (tertiary/aromatic N) is 1. The lowest BCUT2D eigenvalue weighted by Crippen LogP contribution is -2.27. The molecule has 24 heavy (non-hydrogen) atoms. The van der Waals surface area contributed by atoms with Crippen molar-refractivity contribution in [3.05, 3.63) is 53.6 Å². The number of ether oxygens (including phenoxy) is 2. The molecule has 0 unspecified atom stereocenters. The topological polar surface area (TPSA) is 55.8 Å². The smallest absolute Gasteiger partial charge is 0.246 e. The Hall–Kier alpha value is -2.19. The first-order chi connectivity index (χ1) is 11.3. The van der Waals surface area contributed by atoms with Crippen LogP contribution in [-0.4, -0.2) is 34.0 Å². The summed E-state index contributed by atoms with van der Waals surface area (Å²) in [5, 5.41) is 0. The lowest BCUT2D eigenvalue weighted by atomic mass is 10.2. The van der Waals surface area contributed by atoms with Gasteiger partial charge in [0.05, 0.1) is 14.2 Å². The van der Waals surface area contributed by atoms with E-state index < -0.39 is 26.6 Å². The maximum absolute atomic E-state index is 14.2. The number of methoxy groups -OCH3 is 2. The van der Waals surface area contributed by atoms with Crippen molar-refractivity contribution in [2.45, 2.75) is 11.4 Å². The molecular formula is C16H17F2NO4S. The first-order valence-electron chi connectivity index (χ1n) is 6.92. The summed E-state index contributed by atoms with van der Waals surface area (Å²) in [4.78, 5) is -0.543. The SMILES string of the molecule is COc1cc(F)c(S(=O)(=O)N(C)Cc2cccc(F)c2)cc1OC. The van der Waals surface area contributed by atoms with Gasteiger partial charge < -0.3 is 9.47 Å². The largest absolute Gasteiger partial charge is 0.493 e. The summed E-state index contributed by atoms with van der Waals surface area (Å²) in [7, 11) is -0.207. The molecule has 0 aliphatic rings. The van der Waals surface area contributed by atoms with Gasteiger partial charge >= 0.3 is 0 Å². The molecular weight excluding hydrogens is 340 g/mol. The van der Waals surface area contributed by atoms with E-state index in [1.54, 1.807) is 6.07 Å². The van der Waals surface area contributed by atoms with E-state index in [-0.39, 0.29) is 18.0 Å². The number of sulfonamides is 1. The minimum Gasteiger partial charge on any atom is -0.493 e. The zero-order chi connectivity index (χ0) is 17.9. The number of halogens is 2. The monoisotopic (exact) mass is 357 g/mol. The lowest BCUT2D eigenvalue weighted by molar-refractivity contribution is 0.349. The second-order valence-corrected chi connectivity index (χ2v) is 7.04. The fourth-order valence-electron chi connectivity index (χ4n) is 2.18. The summed E-state index contributed by atoms with van der Waals surface area (Å²) < 4.78 is 63.5. The molecule has 0 fully saturated rings. The first kappa shape index (κ1) is 18.2. The van der Waals surface area contributed by atoms with Gasteiger partial charge in [-0.2, -0.15) is 4.31 Å². The normalized spacial score (nSPS) is 11.6. The Morgan fingerprint density at radius 3 is 2.25 bits per heavy atom. The van der Waals surface area contributed by atoms with E-state index in [1.165, 1.54) is 39.5 Å². The molecule has 8 heteroatoms. The van der Waals surface area contributed by atoms with Crippen LogP contribution >= 0.6 is 0 Å². The number of hydrogen-bond donors (Lipinski definition) is 0. The zero-order valence-corrected chi connectivity index (χ0v) is 14.2. The molecule has 0 aliphatic heterocycles. The van der Waals surface area contributed by atoms with Crippen molar-refractivity contribution < 1.29 is 26.7 Å². The second-order valence-electron chi connectivity index (χ2n) is 5.03. The van der Waals surface area contributed by atoms with Gasteiger partial charge in [0, 0.05) is 25.7 Å². The molecule has 2 rings (SSSR count). The Bertz CT molecular complexity index is 840. The highest BCUT2D eigenvalue weighted by atomic mass is 32.2. The first-order valence-corrected chi connectivity index (χ1v) is 8.36. The van der Waals surface area contributed by atoms with E-state index in [4.69, 9.17) is 9.47 Å². The maximum Gasteiger partial charge on any atom is 0.246 e. The lowest BCUT2D eigenvalue weighted by Gasteiger charge is -2.19. The summed E-state index contributed by atoms with van der Waals surface area (Å²) in [6, 6.07) is 7.54. The molecule has 0 amide bonds. The molecule has 0 heterocycles. The molecule has 0 spiro atoms. The number of hydrogen-bond acceptors (Lipinski definition) is 4. The van der Waals surface area contributed by atoms with Crippen LogP contribution in [0, 0.1) is 11.6 Å². The van der Waals surface area contributed by atoms with Gasteiger partial charge in [-0.15, -0.1) is 0 Å². The van der Waals surface area contributed by atoms with Crippen LogP contribution in [0.1, 0.15) is 5.56 Å². The minimum atomic E-state index is -4.14. The Labute approximate surface area is 139 Å². The molecule has 0 radical (unpaired) electrons. The van der Waals surface area contributed by atoms with Crippen molar-refractivity contribution in [2.75, 3.05) is 21.3 Å². The van der Waals surface area contributed by atoms with Crippen molar-refractivity contribution in [3.8, 4) is 11.5 Å². The summed E-state index contributed by atoms with van der Waals surface area (Å²) in [5.41, 5.74) is 0.446. The van der Waals surface area contributed by atoms with Crippen LogP contribution in [0.2, 0.25) is 0 Å². The van der Waals surface area contributed by atoms with Gasteiger partial charge in [-0.3, -0.25) is 0 Å². The van der Waals surface area contributed by atoms with Crippen LogP contribution in [0.25, 0.3) is 0 Å². The Kier molecular flexibility index (Phi) is 5.40. The van der Waals surface area contributed by atoms with E-state index in [1.807, 2.05) is 0 Å². The molecule has 0 atom stereocenters. The van der Waals surface area contributed by atoms with Gasteiger partial charge in [0.25, 0.3) is 0 Å². The summed E-state index contributed by atoms with van der Waals surface area (Å²) in [5.74, 6) is -1.26. The van der Waals surface area contributed by atoms with E-state index >= 15 is 0 Å². The van der Waals surface area contributed by atoms with Gasteiger partial charge in [-0.05, 0) is 17.7 Å². The zero-order valence-electron chi connectivity index (χ0n) is 13.4. The molecule has 130 valence electrons. The van der Waals surface area contributed by atoms with Crippen LogP contribution in [0.5, 0.6) is 11.5 Å². The summed E-state index contributed by atoms with van der Waals surface area (Å²) in [6.07, 6.45) is 0. The number of rotatable bonds is 6. The van der Waals surface area contributed by atoms with Crippen LogP contribution in [-0.2, 0) is 16.6 Å². The Balaban J connectivity index is 2.39. The quantitative estimate of drug-likeness (QED) is 0.798. The standard InChI is InChI=1S/C16H17F2NO4S/c1-19(10-11-5-4-6-12(17)7-11)24(20,21)16-9-15(23-3)14(22-2)8-13(16)18/h4-9H,10H2,1-3H3. The minimum absolute atomic E-state index is 0.0849. The van der Waals surface area contributed by atoms with Gasteiger partial charge in [-0.1, -0.05) is 12.1 Å². The predicted molar refractivity (Wildman–Crippen MR) is 84.6 cm³/mol. The third-order valence-corrected chi connectivity index (χ3v) is 5.24. The summed E-state index contributed by atoms with van der Waals surface area (Å²) >= 11 is 0. The van der Waals surface area contributed by atoms with E-state index in [0.29, 0.717) is 5.56 Å². The van der Waals surface area contributed by atoms with Crippen molar-refractivity contribution in [3.63, 3.8) is 0 Å². The predicted octanol–water partition coefficient (Wildman–Crippen LogP) is 2.80. The van der Waals surface area contributed by atoms with Crippen LogP contribution in [0.15, 0.2) is 41.3 Å². The van der Waals surface area contributed by atoms with Gasteiger partial charge in [-0.25, -0.2) is 17.2 Å². The van der Waals surface area contributed by atoms with Crippen molar-refractivity contribution in [2.24, 2.45) is 0 Å². The van der Waals surface area contributed by atoms with E-state index in [0.717, 1.165) is 16.4 Å². The molecule has 2 aromatic rings. The Morgan fingerprint density at radius 1 is 1.04 bits per heavy atom. The van der Waals surface area contributed by atoms with Gasteiger partial charge in [0.2, 0.25) is 10.0 Å². The average Bonchev–Trinajstić information content (AvgIpc) is 2.54. The average molecular weight is 357 g/mol. The van der Waals surface area contributed by atoms with Crippen molar-refractivity contribution in [1.82, 2.24) is 4.31 Å². The van der Waals surface area contributed by atoms with Crippen molar-refractivity contribution >= 4 is 10.0 Å². The van der Waals surface area contributed by atoms with E-state index in [2.05, 4.69) is 0 Å². The molecule has 5 nitrogen and oxygen atoms in total. The van der Waals surface area contributed by atoms with Crippen molar-refractivity contribution in [1.29, 1.82) is 0 Å². The van der Waals surface area contributed by atoms with Gasteiger partial charge in [0.15, 0.2) is 11.5 Å². The second kappa shape index (κ2) is 7.14. The molecule has 0 aromatic heterocycles. The van der Waals surface area contributed by atoms with Crippen LogP contribution < -0.4 is 9.47 Å². The number of benzene rings is 2. The van der Waals surface area contributed by atoms with Crippen LogP contribution in [0.4, 0.5) is 8.78 Å². The molecule has 0 bridgehead atoms. The molecule has 0 aliphatic carbocycles. The fraction of sp³-hybridized carbons (Fsp3) is 0.250. The third-order valence-electron chi connectivity index (χ3n) is 3.42. The molecule has 2 aromatic carbocycles. The highest BCUT2D eigenvalue weighted by Crippen LogP contribution is 2.33. The maximum atomic E-state index is 14.2. The van der Waals surface area contributed by atoms with Crippen LogP contribution in [0.3, 0.4) is 0 Å². The molecule has 0 saturated heterocycles. The fourth-order valence-corrected chi connectivity index (χ4v) is 3.39. The highest BCUT2D eigenvalue weighted by molar-refractivity contribution is 7.89. The van der Waals surface area contributed by atoms with Gasteiger partial charge in [0.1, 0.15) is 16.5 Å². The highest BCUT2D eigenvalue weighted by Gasteiger charge is 2.27. The molecule has 0 saturated carbocycles. The third kappa shape index (κ3) is 3.65. The van der Waals surface area contributed by atoms with E-state index in [9.17, 15) is 17.2 Å². The Morgan fingerprint density at radius 2 is 1.67 bits per heavy atom.